The Hall–Kier alpha value is -2.64. The number of H-pyrrole nitrogens is 1. The van der Waals surface area contributed by atoms with E-state index in [1.807, 2.05) is 20.8 Å². The van der Waals surface area contributed by atoms with E-state index in [2.05, 4.69) is 15.4 Å². The van der Waals surface area contributed by atoms with Crippen LogP contribution in [0.15, 0.2) is 17.2 Å². The van der Waals surface area contributed by atoms with Crippen LogP contribution in [0.5, 0.6) is 0 Å². The average molecular weight is 306 g/mol. The van der Waals surface area contributed by atoms with Gasteiger partial charge in [-0.1, -0.05) is 20.8 Å². The molecule has 1 amide bonds. The maximum absolute atomic E-state index is 12.2. The lowest BCUT2D eigenvalue weighted by molar-refractivity contribution is -0.135. The number of nitrogens with zero attached hydrogens (tertiary/aromatic N) is 2. The summed E-state index contributed by atoms with van der Waals surface area (Å²) in [6.45, 7) is 5.55. The second-order valence-electron chi connectivity index (χ2n) is 6.24. The largest absolute Gasteiger partial charge is 0.480 e. The summed E-state index contributed by atoms with van der Waals surface area (Å²) in [6.07, 6.45) is 2.00. The summed E-state index contributed by atoms with van der Waals surface area (Å²) in [7, 11) is 0. The first-order chi connectivity index (χ1) is 10.2. The number of hydrogen-bond acceptors (Lipinski definition) is 4. The van der Waals surface area contributed by atoms with Crippen LogP contribution in [0.1, 0.15) is 36.8 Å². The lowest BCUT2D eigenvalue weighted by Gasteiger charge is -2.19. The molecule has 2 rings (SSSR count). The van der Waals surface area contributed by atoms with Gasteiger partial charge in [-0.2, -0.15) is 0 Å². The van der Waals surface area contributed by atoms with Gasteiger partial charge in [0.25, 0.3) is 5.91 Å². The highest BCUT2D eigenvalue weighted by Crippen LogP contribution is 2.20. The molecule has 0 aromatic carbocycles. The van der Waals surface area contributed by atoms with E-state index < -0.39 is 23.9 Å². The molecule has 0 spiro atoms. The van der Waals surface area contributed by atoms with Gasteiger partial charge in [0.05, 0.1) is 0 Å². The monoisotopic (exact) mass is 306 g/mol. The van der Waals surface area contributed by atoms with E-state index in [9.17, 15) is 14.4 Å². The maximum atomic E-state index is 12.2. The van der Waals surface area contributed by atoms with Gasteiger partial charge in [0.1, 0.15) is 18.4 Å². The minimum Gasteiger partial charge on any atom is -0.480 e. The summed E-state index contributed by atoms with van der Waals surface area (Å²) in [5.41, 5.74) is 0.203. The van der Waals surface area contributed by atoms with Gasteiger partial charge in [0.15, 0.2) is 11.1 Å². The molecule has 2 aromatic heterocycles. The Morgan fingerprint density at radius 3 is 2.68 bits per heavy atom. The molecule has 2 aromatic rings. The molecular weight excluding hydrogens is 288 g/mol. The van der Waals surface area contributed by atoms with Crippen LogP contribution < -0.4 is 10.7 Å². The fraction of sp³-hybridized carbons (Fsp3) is 0.429. The van der Waals surface area contributed by atoms with Gasteiger partial charge in [-0.25, -0.2) is 9.50 Å². The topological polar surface area (TPSA) is 117 Å². The van der Waals surface area contributed by atoms with E-state index in [1.165, 1.54) is 12.4 Å². The van der Waals surface area contributed by atoms with E-state index in [1.54, 1.807) is 4.52 Å². The third-order valence-corrected chi connectivity index (χ3v) is 2.98. The van der Waals surface area contributed by atoms with Gasteiger partial charge >= 0.3 is 5.97 Å². The van der Waals surface area contributed by atoms with Crippen LogP contribution in [0, 0.1) is 5.41 Å². The van der Waals surface area contributed by atoms with Crippen LogP contribution >= 0.6 is 0 Å². The SMILES string of the molecule is CC(C)(C)Cc1cc(=O)c(C(=O)NCC(=O)O)c2nc[nH]n12. The Labute approximate surface area is 126 Å². The van der Waals surface area contributed by atoms with Gasteiger partial charge in [-0.3, -0.25) is 19.5 Å². The number of carboxylic acid groups (broad SMARTS) is 1. The van der Waals surface area contributed by atoms with Crippen molar-refractivity contribution in [3.05, 3.63) is 33.9 Å². The summed E-state index contributed by atoms with van der Waals surface area (Å²) in [5, 5.41) is 13.7. The quantitative estimate of drug-likeness (QED) is 0.757. The Bertz CT molecular complexity index is 782. The van der Waals surface area contributed by atoms with Crippen molar-refractivity contribution in [3.63, 3.8) is 0 Å². The maximum Gasteiger partial charge on any atom is 0.322 e. The third kappa shape index (κ3) is 3.33. The summed E-state index contributed by atoms with van der Waals surface area (Å²) in [5.74, 6) is -1.93. The molecule has 0 saturated carbocycles. The fourth-order valence-corrected chi connectivity index (χ4v) is 2.19. The van der Waals surface area contributed by atoms with Crippen LogP contribution in [0.2, 0.25) is 0 Å². The van der Waals surface area contributed by atoms with Crippen LogP contribution in [-0.2, 0) is 11.2 Å². The number of pyridine rings is 1. The number of carbonyl (C=O) groups excluding carboxylic acids is 1. The molecule has 8 nitrogen and oxygen atoms in total. The standard InChI is InChI=1S/C14H18N4O4/c1-14(2,3)5-8-4-9(19)11(12-16-7-17-18(8)12)13(22)15-6-10(20)21/h4,7H,5-6H2,1-3H3,(H,15,22)(H,16,17)(H,20,21). The first-order valence-corrected chi connectivity index (χ1v) is 6.77. The summed E-state index contributed by atoms with van der Waals surface area (Å²) in [4.78, 5) is 38.8. The van der Waals surface area contributed by atoms with Crippen LogP contribution in [0.4, 0.5) is 0 Å². The average Bonchev–Trinajstić information content (AvgIpc) is 2.83. The van der Waals surface area contributed by atoms with Gasteiger partial charge in [-0.15, -0.1) is 0 Å². The van der Waals surface area contributed by atoms with Crippen molar-refractivity contribution in [2.24, 2.45) is 5.41 Å². The molecule has 0 aliphatic carbocycles. The van der Waals surface area contributed by atoms with E-state index >= 15 is 0 Å². The zero-order chi connectivity index (χ0) is 16.5. The molecule has 0 aliphatic rings. The minimum atomic E-state index is -1.18. The summed E-state index contributed by atoms with van der Waals surface area (Å²) < 4.78 is 1.57. The number of aromatic nitrogens is 3. The van der Waals surface area contributed by atoms with Crippen LogP contribution in [0.25, 0.3) is 5.65 Å². The molecule has 0 radical (unpaired) electrons. The van der Waals surface area contributed by atoms with Crippen molar-refractivity contribution >= 4 is 17.5 Å². The lowest BCUT2D eigenvalue weighted by atomic mass is 9.90. The Balaban J connectivity index is 2.50. The summed E-state index contributed by atoms with van der Waals surface area (Å²) in [6, 6.07) is 1.38. The zero-order valence-electron chi connectivity index (χ0n) is 12.6. The van der Waals surface area contributed by atoms with E-state index in [-0.39, 0.29) is 16.6 Å². The molecule has 0 bridgehead atoms. The Morgan fingerprint density at radius 2 is 2.09 bits per heavy atom. The van der Waals surface area contributed by atoms with Crippen molar-refractivity contribution < 1.29 is 14.7 Å². The molecule has 2 heterocycles. The zero-order valence-corrected chi connectivity index (χ0v) is 12.6. The van der Waals surface area contributed by atoms with Gasteiger partial charge in [0, 0.05) is 11.8 Å². The molecule has 0 atom stereocenters. The number of hydrogen-bond donors (Lipinski definition) is 3. The highest BCUT2D eigenvalue weighted by atomic mass is 16.4. The van der Waals surface area contributed by atoms with Crippen molar-refractivity contribution in [3.8, 4) is 0 Å². The summed E-state index contributed by atoms with van der Waals surface area (Å²) >= 11 is 0. The smallest absolute Gasteiger partial charge is 0.322 e. The second kappa shape index (κ2) is 5.63. The molecule has 118 valence electrons. The van der Waals surface area contributed by atoms with E-state index in [0.29, 0.717) is 12.1 Å². The van der Waals surface area contributed by atoms with Crippen molar-refractivity contribution in [1.82, 2.24) is 19.9 Å². The molecule has 8 heteroatoms. The van der Waals surface area contributed by atoms with Crippen molar-refractivity contribution in [2.45, 2.75) is 27.2 Å². The normalized spacial score (nSPS) is 11.6. The first-order valence-electron chi connectivity index (χ1n) is 6.77. The molecule has 0 unspecified atom stereocenters. The number of rotatable bonds is 4. The van der Waals surface area contributed by atoms with Gasteiger partial charge in [-0.05, 0) is 11.8 Å². The highest BCUT2D eigenvalue weighted by Gasteiger charge is 2.21. The molecular formula is C14H18N4O4. The Morgan fingerprint density at radius 1 is 1.41 bits per heavy atom. The second-order valence-corrected chi connectivity index (χ2v) is 6.24. The number of nitrogens with one attached hydrogen (secondary N) is 2. The number of fused-ring (bicyclic) bond motifs is 1. The van der Waals surface area contributed by atoms with Crippen molar-refractivity contribution in [1.29, 1.82) is 0 Å². The fourth-order valence-electron chi connectivity index (χ4n) is 2.19. The minimum absolute atomic E-state index is 0.0510. The van der Waals surface area contributed by atoms with Crippen LogP contribution in [0.3, 0.4) is 0 Å². The molecule has 0 saturated heterocycles. The molecule has 0 fully saturated rings. The van der Waals surface area contributed by atoms with E-state index in [4.69, 9.17) is 5.11 Å². The predicted octanol–water partition coefficient (Wildman–Crippen LogP) is 0.426. The number of carboxylic acids is 1. The number of carbonyl (C=O) groups is 2. The molecule has 0 aliphatic heterocycles. The van der Waals surface area contributed by atoms with Gasteiger partial charge in [0.2, 0.25) is 0 Å². The Kier molecular flexibility index (Phi) is 4.03. The lowest BCUT2D eigenvalue weighted by Crippen LogP contribution is -2.33. The predicted molar refractivity (Wildman–Crippen MR) is 78.9 cm³/mol. The number of amides is 1. The number of aliphatic carboxylic acids is 1. The van der Waals surface area contributed by atoms with Crippen molar-refractivity contribution in [2.75, 3.05) is 6.54 Å². The molecule has 22 heavy (non-hydrogen) atoms. The van der Waals surface area contributed by atoms with E-state index in [0.717, 1.165) is 0 Å². The third-order valence-electron chi connectivity index (χ3n) is 2.98. The first kappa shape index (κ1) is 15.7. The number of aromatic amines is 1. The molecule has 3 N–H and O–H groups in total. The van der Waals surface area contributed by atoms with Gasteiger partial charge < -0.3 is 10.4 Å². The highest BCUT2D eigenvalue weighted by molar-refractivity contribution is 6.00. The van der Waals surface area contributed by atoms with Crippen LogP contribution in [-0.4, -0.2) is 38.1 Å².